The van der Waals surface area contributed by atoms with Crippen LogP contribution in [0.4, 0.5) is 5.69 Å². The second-order valence-corrected chi connectivity index (χ2v) is 10.1. The number of carbonyl (C=O) groups is 2. The van der Waals surface area contributed by atoms with Gasteiger partial charge in [0.1, 0.15) is 5.76 Å². The summed E-state index contributed by atoms with van der Waals surface area (Å²) in [5.74, 6) is 0.667. The van der Waals surface area contributed by atoms with Gasteiger partial charge in [-0.05, 0) is 60.2 Å². The Morgan fingerprint density at radius 2 is 1.66 bits per heavy atom. The molecular weight excluding hydrogens is 418 g/mol. The van der Waals surface area contributed by atoms with E-state index < -0.39 is 0 Å². The Bertz CT molecular complexity index is 1200. The lowest BCUT2D eigenvalue weighted by molar-refractivity contribution is -0.119. The van der Waals surface area contributed by atoms with Crippen LogP contribution in [0.2, 0.25) is 0 Å². The maximum Gasteiger partial charge on any atom is 0.272 e. The van der Waals surface area contributed by atoms with Crippen molar-refractivity contribution in [2.45, 2.75) is 45.8 Å². The van der Waals surface area contributed by atoms with E-state index in [-0.39, 0.29) is 17.2 Å². The van der Waals surface area contributed by atoms with Gasteiger partial charge in [0, 0.05) is 0 Å². The Kier molecular flexibility index (Phi) is 5.87. The first kappa shape index (κ1) is 22.2. The van der Waals surface area contributed by atoms with Crippen molar-refractivity contribution in [1.82, 2.24) is 0 Å². The zero-order valence-corrected chi connectivity index (χ0v) is 19.9. The van der Waals surface area contributed by atoms with Gasteiger partial charge in [-0.1, -0.05) is 56.7 Å². The fourth-order valence-corrected chi connectivity index (χ4v) is 4.87. The summed E-state index contributed by atoms with van der Waals surface area (Å²) < 4.78 is 5.44. The molecule has 0 radical (unpaired) electrons. The number of rotatable bonds is 5. The van der Waals surface area contributed by atoms with Crippen molar-refractivity contribution in [3.63, 3.8) is 0 Å². The van der Waals surface area contributed by atoms with Gasteiger partial charge >= 0.3 is 0 Å². The van der Waals surface area contributed by atoms with Crippen LogP contribution in [0.1, 0.15) is 48.8 Å². The van der Waals surface area contributed by atoms with E-state index in [1.54, 1.807) is 6.26 Å². The maximum absolute atomic E-state index is 13.6. The molecule has 0 unspecified atom stereocenters. The number of amides is 2. The molecule has 4 nitrogen and oxygen atoms in total. The molecule has 0 N–H and O–H groups in total. The first-order valence-electron chi connectivity index (χ1n) is 10.6. The zero-order valence-electron chi connectivity index (χ0n) is 19.1. The monoisotopic (exact) mass is 445 g/mol. The van der Waals surface area contributed by atoms with E-state index in [9.17, 15) is 9.59 Å². The Morgan fingerprint density at radius 1 is 0.938 bits per heavy atom. The van der Waals surface area contributed by atoms with Crippen LogP contribution in [0.5, 0.6) is 0 Å². The summed E-state index contributed by atoms with van der Waals surface area (Å²) in [7, 11) is 0. The molecule has 0 bridgehead atoms. The van der Waals surface area contributed by atoms with Crippen molar-refractivity contribution in [3.05, 3.63) is 93.8 Å². The zero-order chi connectivity index (χ0) is 23.0. The Morgan fingerprint density at radius 3 is 2.25 bits per heavy atom. The average Bonchev–Trinajstić information content (AvgIpc) is 3.33. The lowest BCUT2D eigenvalue weighted by atomic mass is 9.87. The topological polar surface area (TPSA) is 50.5 Å². The predicted molar refractivity (Wildman–Crippen MR) is 130 cm³/mol. The van der Waals surface area contributed by atoms with Crippen molar-refractivity contribution in [1.29, 1.82) is 0 Å². The number of hydrogen-bond acceptors (Lipinski definition) is 4. The van der Waals surface area contributed by atoms with Crippen LogP contribution in [-0.4, -0.2) is 11.8 Å². The van der Waals surface area contributed by atoms with Crippen LogP contribution in [0.25, 0.3) is 5.57 Å². The number of aryl methyl sites for hydroxylation is 2. The van der Waals surface area contributed by atoms with Gasteiger partial charge in [-0.3, -0.25) is 9.59 Å². The average molecular weight is 446 g/mol. The maximum atomic E-state index is 13.6. The number of hydrogen-bond donors (Lipinski definition) is 0. The van der Waals surface area contributed by atoms with Gasteiger partial charge in [0.2, 0.25) is 0 Å². The number of imide groups is 1. The third-order valence-corrected chi connectivity index (χ3v) is 6.72. The van der Waals surface area contributed by atoms with E-state index in [0.29, 0.717) is 21.9 Å². The molecule has 32 heavy (non-hydrogen) atoms. The molecule has 5 heteroatoms. The molecular formula is C27H27NO3S. The van der Waals surface area contributed by atoms with Gasteiger partial charge < -0.3 is 4.42 Å². The minimum absolute atomic E-state index is 0.00989. The number of nitrogens with zero attached hydrogens (tertiary/aromatic N) is 1. The highest BCUT2D eigenvalue weighted by atomic mass is 32.2. The first-order valence-corrected chi connectivity index (χ1v) is 11.6. The van der Waals surface area contributed by atoms with Crippen LogP contribution in [0, 0.1) is 13.8 Å². The van der Waals surface area contributed by atoms with Crippen molar-refractivity contribution < 1.29 is 14.0 Å². The smallest absolute Gasteiger partial charge is 0.272 e. The standard InChI is InChI=1S/C27H27NO3S/c1-17-8-13-22(18(2)15-17)23-24(32-16-21-7-6-14-31-21)26(30)28(25(23)29)20-11-9-19(10-12-20)27(3,4)5/h6-15H,16H2,1-5H3. The molecule has 0 spiro atoms. The third kappa shape index (κ3) is 4.17. The lowest BCUT2D eigenvalue weighted by Crippen LogP contribution is -2.31. The third-order valence-electron chi connectivity index (χ3n) is 5.62. The van der Waals surface area contributed by atoms with Crippen molar-refractivity contribution in [2.75, 3.05) is 4.90 Å². The van der Waals surface area contributed by atoms with E-state index in [2.05, 4.69) is 20.8 Å². The summed E-state index contributed by atoms with van der Waals surface area (Å²) in [6.45, 7) is 10.4. The minimum Gasteiger partial charge on any atom is -0.468 e. The summed E-state index contributed by atoms with van der Waals surface area (Å²) in [4.78, 5) is 28.9. The van der Waals surface area contributed by atoms with Crippen molar-refractivity contribution >= 4 is 34.8 Å². The Hall–Kier alpha value is -3.05. The summed E-state index contributed by atoms with van der Waals surface area (Å²) in [6.07, 6.45) is 1.61. The molecule has 2 aromatic carbocycles. The van der Waals surface area contributed by atoms with Gasteiger partial charge in [-0.15, -0.1) is 11.8 Å². The van der Waals surface area contributed by atoms with E-state index in [0.717, 1.165) is 28.0 Å². The molecule has 1 aromatic heterocycles. The number of thioether (sulfide) groups is 1. The summed E-state index contributed by atoms with van der Waals surface area (Å²) in [5, 5.41) is 0. The van der Waals surface area contributed by atoms with E-state index in [4.69, 9.17) is 4.42 Å². The summed E-state index contributed by atoms with van der Waals surface area (Å²) >= 11 is 1.35. The van der Waals surface area contributed by atoms with Crippen molar-refractivity contribution in [3.8, 4) is 0 Å². The van der Waals surface area contributed by atoms with Crippen molar-refractivity contribution in [2.24, 2.45) is 0 Å². The van der Waals surface area contributed by atoms with Crippen LogP contribution in [0.3, 0.4) is 0 Å². The molecule has 2 amide bonds. The van der Waals surface area contributed by atoms with Crippen LogP contribution in [-0.2, 0) is 20.8 Å². The highest BCUT2D eigenvalue weighted by Crippen LogP contribution is 2.41. The van der Waals surface area contributed by atoms with Gasteiger partial charge in [0.15, 0.2) is 0 Å². The quantitative estimate of drug-likeness (QED) is 0.426. The van der Waals surface area contributed by atoms with E-state index in [1.165, 1.54) is 16.7 Å². The lowest BCUT2D eigenvalue weighted by Gasteiger charge is -2.21. The fraction of sp³-hybridized carbons (Fsp3) is 0.259. The number of furan rings is 1. The largest absolute Gasteiger partial charge is 0.468 e. The molecule has 0 atom stereocenters. The van der Waals surface area contributed by atoms with E-state index >= 15 is 0 Å². The van der Waals surface area contributed by atoms with Crippen LogP contribution in [0.15, 0.2) is 70.2 Å². The Labute approximate surface area is 193 Å². The second kappa shape index (κ2) is 8.47. The van der Waals surface area contributed by atoms with Gasteiger partial charge in [-0.2, -0.15) is 0 Å². The van der Waals surface area contributed by atoms with Gasteiger partial charge in [-0.25, -0.2) is 4.90 Å². The van der Waals surface area contributed by atoms with Gasteiger partial charge in [0.05, 0.1) is 28.2 Å². The highest BCUT2D eigenvalue weighted by molar-refractivity contribution is 8.03. The minimum atomic E-state index is -0.287. The molecule has 3 aromatic rings. The highest BCUT2D eigenvalue weighted by Gasteiger charge is 2.40. The molecule has 0 saturated heterocycles. The second-order valence-electron chi connectivity index (χ2n) is 9.13. The van der Waals surface area contributed by atoms with Crippen LogP contribution >= 0.6 is 11.8 Å². The molecule has 0 saturated carbocycles. The molecule has 164 valence electrons. The number of anilines is 1. The molecule has 2 heterocycles. The van der Waals surface area contributed by atoms with Crippen LogP contribution < -0.4 is 4.90 Å². The number of benzene rings is 2. The van der Waals surface area contributed by atoms with Gasteiger partial charge in [0.25, 0.3) is 11.8 Å². The molecule has 0 aliphatic carbocycles. The first-order chi connectivity index (χ1) is 15.2. The molecule has 4 rings (SSSR count). The van der Waals surface area contributed by atoms with E-state index in [1.807, 2.05) is 68.4 Å². The SMILES string of the molecule is Cc1ccc(C2=C(SCc3ccco3)C(=O)N(c3ccc(C(C)(C)C)cc3)C2=O)c(C)c1. The normalized spacial score (nSPS) is 14.6. The predicted octanol–water partition coefficient (Wildman–Crippen LogP) is 6.41. The summed E-state index contributed by atoms with van der Waals surface area (Å²) in [6, 6.07) is 17.3. The Balaban J connectivity index is 1.75. The molecule has 1 aliphatic rings. The number of carbonyl (C=O) groups excluding carboxylic acids is 2. The molecule has 0 fully saturated rings. The fourth-order valence-electron chi connectivity index (χ4n) is 3.86. The summed E-state index contributed by atoms with van der Waals surface area (Å²) in [5.41, 5.74) is 5.07. The molecule has 1 aliphatic heterocycles.